The lowest BCUT2D eigenvalue weighted by molar-refractivity contribution is 0.515. The van der Waals surface area contributed by atoms with E-state index in [-0.39, 0.29) is 5.52 Å². The molecule has 0 fully saturated rings. The van der Waals surface area contributed by atoms with Crippen molar-refractivity contribution >= 4 is 16.6 Å². The summed E-state index contributed by atoms with van der Waals surface area (Å²) < 4.78 is 26.5. The molecule has 0 radical (unpaired) electrons. The van der Waals surface area contributed by atoms with Gasteiger partial charge in [0.2, 0.25) is 0 Å². The number of fused-ring (bicyclic) bond motifs is 1. The zero-order valence-electron chi connectivity index (χ0n) is 8.93. The summed E-state index contributed by atoms with van der Waals surface area (Å²) in [6.45, 7) is 1.99. The van der Waals surface area contributed by atoms with Crippen molar-refractivity contribution in [1.29, 1.82) is 0 Å². The monoisotopic (exact) mass is 222 g/mol. The summed E-state index contributed by atoms with van der Waals surface area (Å²) in [4.78, 5) is 4.09. The largest absolute Gasteiger partial charge is 0.398 e. The molecule has 0 aliphatic carbocycles. The van der Waals surface area contributed by atoms with E-state index in [1.54, 1.807) is 6.07 Å². The molecule has 0 amide bonds. The summed E-state index contributed by atoms with van der Waals surface area (Å²) in [6, 6.07) is 4.23. The number of benzene rings is 1. The second-order valence-electron chi connectivity index (χ2n) is 3.71. The van der Waals surface area contributed by atoms with Crippen molar-refractivity contribution < 1.29 is 8.78 Å². The number of aromatic nitrogens is 1. The molecule has 1 aromatic carbocycles. The number of rotatable bonds is 2. The lowest BCUT2D eigenvalue weighted by atomic mass is 10.1. The van der Waals surface area contributed by atoms with Gasteiger partial charge >= 0.3 is 0 Å². The van der Waals surface area contributed by atoms with E-state index in [1.807, 2.05) is 6.92 Å². The number of pyridine rings is 1. The first-order valence-electron chi connectivity index (χ1n) is 5.16. The molecule has 0 bridgehead atoms. The summed E-state index contributed by atoms with van der Waals surface area (Å²) in [5, 5.41) is 0.457. The highest BCUT2D eigenvalue weighted by atomic mass is 19.2. The van der Waals surface area contributed by atoms with Crippen molar-refractivity contribution in [3.63, 3.8) is 0 Å². The number of aryl methyl sites for hydroxylation is 1. The lowest BCUT2D eigenvalue weighted by Gasteiger charge is -2.06. The van der Waals surface area contributed by atoms with Crippen LogP contribution in [0.25, 0.3) is 10.9 Å². The number of anilines is 1. The highest BCUT2D eigenvalue weighted by Crippen LogP contribution is 2.24. The molecule has 4 heteroatoms. The van der Waals surface area contributed by atoms with Crippen LogP contribution in [0.2, 0.25) is 0 Å². The Kier molecular flexibility index (Phi) is 2.73. The van der Waals surface area contributed by atoms with E-state index in [4.69, 9.17) is 5.73 Å². The van der Waals surface area contributed by atoms with Gasteiger partial charge in [-0.3, -0.25) is 0 Å². The van der Waals surface area contributed by atoms with Gasteiger partial charge in [0.25, 0.3) is 0 Å². The third-order valence-corrected chi connectivity index (χ3v) is 2.46. The number of halogens is 2. The van der Waals surface area contributed by atoms with Crippen molar-refractivity contribution in [1.82, 2.24) is 4.98 Å². The molecule has 0 saturated heterocycles. The summed E-state index contributed by atoms with van der Waals surface area (Å²) in [5.41, 5.74) is 6.92. The molecule has 1 aromatic heterocycles. The van der Waals surface area contributed by atoms with Crippen LogP contribution in [-0.2, 0) is 6.42 Å². The normalized spacial score (nSPS) is 10.9. The van der Waals surface area contributed by atoms with Crippen LogP contribution >= 0.6 is 0 Å². The molecule has 2 nitrogen and oxygen atoms in total. The van der Waals surface area contributed by atoms with Crippen LogP contribution in [0, 0.1) is 11.6 Å². The first-order valence-corrected chi connectivity index (χ1v) is 5.16. The number of nitrogen functional groups attached to an aromatic ring is 1. The van der Waals surface area contributed by atoms with Crippen molar-refractivity contribution in [2.75, 3.05) is 5.73 Å². The Labute approximate surface area is 92.1 Å². The van der Waals surface area contributed by atoms with Crippen LogP contribution in [0.3, 0.4) is 0 Å². The van der Waals surface area contributed by atoms with Gasteiger partial charge in [0.05, 0.1) is 0 Å². The average Bonchev–Trinajstić information content (AvgIpc) is 2.25. The second-order valence-corrected chi connectivity index (χ2v) is 3.71. The molecule has 0 unspecified atom stereocenters. The Hall–Kier alpha value is -1.71. The first kappa shape index (κ1) is 10.8. The van der Waals surface area contributed by atoms with Gasteiger partial charge in [-0.15, -0.1) is 0 Å². The van der Waals surface area contributed by atoms with E-state index in [9.17, 15) is 8.78 Å². The van der Waals surface area contributed by atoms with Crippen LogP contribution < -0.4 is 5.73 Å². The molecule has 2 aromatic rings. The minimum absolute atomic E-state index is 0.0171. The van der Waals surface area contributed by atoms with E-state index in [2.05, 4.69) is 4.98 Å². The molecule has 2 rings (SSSR count). The molecular weight excluding hydrogens is 210 g/mol. The smallest absolute Gasteiger partial charge is 0.185 e. The lowest BCUT2D eigenvalue weighted by Crippen LogP contribution is -1.98. The van der Waals surface area contributed by atoms with Crippen molar-refractivity contribution in [2.24, 2.45) is 0 Å². The van der Waals surface area contributed by atoms with E-state index in [1.165, 1.54) is 6.07 Å². The van der Waals surface area contributed by atoms with Gasteiger partial charge in [-0.25, -0.2) is 13.8 Å². The quantitative estimate of drug-likeness (QED) is 0.848. The highest BCUT2D eigenvalue weighted by molar-refractivity contribution is 5.90. The fourth-order valence-corrected chi connectivity index (χ4v) is 1.70. The SMILES string of the molecule is CCCc1cc(N)c2ccc(F)c(F)c2n1. The van der Waals surface area contributed by atoms with Gasteiger partial charge < -0.3 is 5.73 Å². The predicted molar refractivity (Wildman–Crippen MR) is 60.1 cm³/mol. The van der Waals surface area contributed by atoms with E-state index >= 15 is 0 Å². The molecule has 0 aliphatic rings. The molecular formula is C12H12F2N2. The minimum Gasteiger partial charge on any atom is -0.398 e. The van der Waals surface area contributed by atoms with Gasteiger partial charge in [-0.05, 0) is 24.6 Å². The fraction of sp³-hybridized carbons (Fsp3) is 0.250. The Morgan fingerprint density at radius 2 is 2.06 bits per heavy atom. The summed E-state index contributed by atoms with van der Waals surface area (Å²) >= 11 is 0. The Bertz CT molecular complexity index is 538. The van der Waals surface area contributed by atoms with E-state index in [0.717, 1.165) is 12.5 Å². The highest BCUT2D eigenvalue weighted by Gasteiger charge is 2.11. The summed E-state index contributed by atoms with van der Waals surface area (Å²) in [7, 11) is 0. The van der Waals surface area contributed by atoms with Gasteiger partial charge in [-0.2, -0.15) is 0 Å². The first-order chi connectivity index (χ1) is 7.63. The number of nitrogens with two attached hydrogens (primary N) is 1. The Morgan fingerprint density at radius 1 is 1.31 bits per heavy atom. The van der Waals surface area contributed by atoms with Crippen LogP contribution in [0.1, 0.15) is 19.0 Å². The van der Waals surface area contributed by atoms with Crippen molar-refractivity contribution in [3.05, 3.63) is 35.5 Å². The maximum absolute atomic E-state index is 13.5. The summed E-state index contributed by atoms with van der Waals surface area (Å²) in [6.07, 6.45) is 1.59. The average molecular weight is 222 g/mol. The van der Waals surface area contributed by atoms with Crippen LogP contribution in [0.5, 0.6) is 0 Å². The standard InChI is InChI=1S/C12H12F2N2/c1-2-3-7-6-10(15)8-4-5-9(13)11(14)12(8)16-7/h4-6H,2-3H2,1H3,(H2,15,16). The molecule has 2 N–H and O–H groups in total. The third kappa shape index (κ3) is 1.71. The molecule has 0 atom stereocenters. The maximum Gasteiger partial charge on any atom is 0.185 e. The van der Waals surface area contributed by atoms with Gasteiger partial charge in [0.15, 0.2) is 11.6 Å². The van der Waals surface area contributed by atoms with E-state index in [0.29, 0.717) is 23.2 Å². The van der Waals surface area contributed by atoms with Crippen LogP contribution in [-0.4, -0.2) is 4.98 Å². The number of nitrogens with zero attached hydrogens (tertiary/aromatic N) is 1. The summed E-state index contributed by atoms with van der Waals surface area (Å²) in [5.74, 6) is -1.82. The minimum atomic E-state index is -0.929. The van der Waals surface area contributed by atoms with E-state index < -0.39 is 11.6 Å². The number of hydrogen-bond acceptors (Lipinski definition) is 2. The Balaban J connectivity index is 2.73. The predicted octanol–water partition coefficient (Wildman–Crippen LogP) is 3.05. The second kappa shape index (κ2) is 4.04. The van der Waals surface area contributed by atoms with Crippen molar-refractivity contribution in [2.45, 2.75) is 19.8 Å². The topological polar surface area (TPSA) is 38.9 Å². The van der Waals surface area contributed by atoms with Gasteiger partial charge in [-0.1, -0.05) is 13.3 Å². The Morgan fingerprint density at radius 3 is 2.75 bits per heavy atom. The molecule has 1 heterocycles. The molecule has 16 heavy (non-hydrogen) atoms. The molecule has 0 saturated carbocycles. The molecule has 0 aliphatic heterocycles. The zero-order chi connectivity index (χ0) is 11.7. The van der Waals surface area contributed by atoms with Crippen molar-refractivity contribution in [3.8, 4) is 0 Å². The van der Waals surface area contributed by atoms with Gasteiger partial charge in [0.1, 0.15) is 5.52 Å². The van der Waals surface area contributed by atoms with Crippen LogP contribution in [0.15, 0.2) is 18.2 Å². The fourth-order valence-electron chi connectivity index (χ4n) is 1.70. The maximum atomic E-state index is 13.5. The van der Waals surface area contributed by atoms with Crippen LogP contribution in [0.4, 0.5) is 14.5 Å². The number of hydrogen-bond donors (Lipinski definition) is 1. The molecule has 84 valence electrons. The molecule has 0 spiro atoms. The third-order valence-electron chi connectivity index (χ3n) is 2.46. The van der Waals surface area contributed by atoms with Gasteiger partial charge in [0, 0.05) is 16.8 Å². The zero-order valence-corrected chi connectivity index (χ0v) is 8.93.